The third-order valence-corrected chi connectivity index (χ3v) is 4.87. The van der Waals surface area contributed by atoms with Gasteiger partial charge in [-0.15, -0.1) is 0 Å². The van der Waals surface area contributed by atoms with Crippen molar-refractivity contribution in [2.75, 3.05) is 0 Å². The lowest BCUT2D eigenvalue weighted by Crippen LogP contribution is -2.34. The summed E-state index contributed by atoms with van der Waals surface area (Å²) >= 11 is 0. The van der Waals surface area contributed by atoms with Crippen LogP contribution in [0.5, 0.6) is 5.75 Å². The predicted molar refractivity (Wildman–Crippen MR) is 93.0 cm³/mol. The zero-order valence-corrected chi connectivity index (χ0v) is 15.3. The average molecular weight is 321 g/mol. The molecule has 4 nitrogen and oxygen atoms in total. The van der Waals surface area contributed by atoms with Gasteiger partial charge in [0.25, 0.3) is 5.56 Å². The molecule has 4 heteroatoms. The van der Waals surface area contributed by atoms with Gasteiger partial charge in [0.05, 0.1) is 17.3 Å². The molecule has 2 rings (SSSR count). The molecular weight excluding hydrogens is 290 g/mol. The largest absolute Gasteiger partial charge is 0.489 e. The van der Waals surface area contributed by atoms with E-state index < -0.39 is 5.60 Å². The quantitative estimate of drug-likeness (QED) is 0.889. The molecule has 0 saturated heterocycles. The van der Waals surface area contributed by atoms with Gasteiger partial charge in [-0.25, -0.2) is 0 Å². The van der Waals surface area contributed by atoms with Gasteiger partial charge < -0.3 is 14.8 Å². The highest BCUT2D eigenvalue weighted by Crippen LogP contribution is 2.36. The molecule has 0 radical (unpaired) electrons. The molecule has 1 aromatic rings. The van der Waals surface area contributed by atoms with Crippen molar-refractivity contribution < 1.29 is 9.84 Å². The summed E-state index contributed by atoms with van der Waals surface area (Å²) in [5.41, 5.74) is 0.696. The first-order valence-corrected chi connectivity index (χ1v) is 8.78. The number of aryl methyl sites for hydroxylation is 1. The molecule has 1 aromatic heterocycles. The van der Waals surface area contributed by atoms with E-state index in [0.717, 1.165) is 30.5 Å². The second-order valence-corrected chi connectivity index (χ2v) is 7.83. The number of pyridine rings is 1. The lowest BCUT2D eigenvalue weighted by molar-refractivity contribution is 0.0611. The van der Waals surface area contributed by atoms with Gasteiger partial charge in [0.15, 0.2) is 0 Å². The maximum Gasteiger partial charge on any atom is 0.258 e. The van der Waals surface area contributed by atoms with Crippen molar-refractivity contribution >= 4 is 0 Å². The Morgan fingerprint density at radius 1 is 1.22 bits per heavy atom. The molecule has 130 valence electrons. The van der Waals surface area contributed by atoms with E-state index in [1.165, 1.54) is 6.42 Å². The van der Waals surface area contributed by atoms with Crippen molar-refractivity contribution in [1.82, 2.24) is 4.98 Å². The SMILES string of the molecule is CCc1c(C)[nH]c(=O)c(C(C)(C)O)c1OC1C[C@@H](C)C[C@@H](C)C1. The Kier molecular flexibility index (Phi) is 5.24. The van der Waals surface area contributed by atoms with Gasteiger partial charge in [0.1, 0.15) is 5.75 Å². The highest BCUT2D eigenvalue weighted by molar-refractivity contribution is 5.45. The number of aromatic nitrogens is 1. The predicted octanol–water partition coefficient (Wildman–Crippen LogP) is 3.68. The van der Waals surface area contributed by atoms with E-state index in [1.807, 2.05) is 13.8 Å². The Bertz CT molecular complexity index is 602. The van der Waals surface area contributed by atoms with Crippen LogP contribution in [0.25, 0.3) is 0 Å². The molecule has 1 aliphatic rings. The Hall–Kier alpha value is -1.29. The van der Waals surface area contributed by atoms with Crippen molar-refractivity contribution in [3.63, 3.8) is 0 Å². The lowest BCUT2D eigenvalue weighted by Gasteiger charge is -2.34. The van der Waals surface area contributed by atoms with Gasteiger partial charge in [-0.2, -0.15) is 0 Å². The monoisotopic (exact) mass is 321 g/mol. The fourth-order valence-electron chi connectivity index (χ4n) is 3.98. The third-order valence-electron chi connectivity index (χ3n) is 4.87. The number of H-pyrrole nitrogens is 1. The molecule has 2 N–H and O–H groups in total. The highest BCUT2D eigenvalue weighted by Gasteiger charge is 2.32. The van der Waals surface area contributed by atoms with Crippen LogP contribution in [0, 0.1) is 18.8 Å². The van der Waals surface area contributed by atoms with E-state index in [2.05, 4.69) is 18.8 Å². The maximum absolute atomic E-state index is 12.5. The summed E-state index contributed by atoms with van der Waals surface area (Å²) in [6, 6.07) is 0. The number of nitrogens with one attached hydrogen (secondary N) is 1. The molecule has 0 bridgehead atoms. The van der Waals surface area contributed by atoms with Crippen molar-refractivity contribution in [3.05, 3.63) is 27.2 Å². The Morgan fingerprint density at radius 2 is 1.78 bits per heavy atom. The number of hydrogen-bond donors (Lipinski definition) is 2. The van der Waals surface area contributed by atoms with E-state index in [0.29, 0.717) is 23.1 Å². The fourth-order valence-corrected chi connectivity index (χ4v) is 3.98. The van der Waals surface area contributed by atoms with Crippen LogP contribution in [0.1, 0.15) is 70.7 Å². The van der Waals surface area contributed by atoms with Gasteiger partial charge in [0, 0.05) is 11.3 Å². The van der Waals surface area contributed by atoms with Crippen LogP contribution in [-0.4, -0.2) is 16.2 Å². The first-order valence-electron chi connectivity index (χ1n) is 8.78. The first-order chi connectivity index (χ1) is 10.6. The molecule has 1 fully saturated rings. The van der Waals surface area contributed by atoms with E-state index in [9.17, 15) is 9.90 Å². The molecule has 3 atom stereocenters. The smallest absolute Gasteiger partial charge is 0.258 e. The molecule has 23 heavy (non-hydrogen) atoms. The summed E-state index contributed by atoms with van der Waals surface area (Å²) in [6.07, 6.45) is 4.11. The average Bonchev–Trinajstić information content (AvgIpc) is 2.35. The molecule has 1 unspecified atom stereocenters. The maximum atomic E-state index is 12.5. The van der Waals surface area contributed by atoms with Crippen molar-refractivity contribution in [3.8, 4) is 5.75 Å². The Balaban J connectivity index is 2.49. The summed E-state index contributed by atoms with van der Waals surface area (Å²) < 4.78 is 6.36. The van der Waals surface area contributed by atoms with Crippen molar-refractivity contribution in [1.29, 1.82) is 0 Å². The first kappa shape index (κ1) is 18.1. The van der Waals surface area contributed by atoms with Gasteiger partial charge >= 0.3 is 0 Å². The van der Waals surface area contributed by atoms with Crippen molar-refractivity contribution in [2.45, 2.75) is 78.9 Å². The summed E-state index contributed by atoms with van der Waals surface area (Å²) in [6.45, 7) is 11.7. The van der Waals surface area contributed by atoms with E-state index >= 15 is 0 Å². The van der Waals surface area contributed by atoms with Gasteiger partial charge in [-0.1, -0.05) is 20.8 Å². The van der Waals surface area contributed by atoms with Crippen LogP contribution in [0.2, 0.25) is 0 Å². The van der Waals surface area contributed by atoms with Gasteiger partial charge in [-0.05, 0) is 58.3 Å². The zero-order chi connectivity index (χ0) is 17.4. The van der Waals surface area contributed by atoms with E-state index in [-0.39, 0.29) is 11.7 Å². The standard InChI is InChI=1S/C19H31NO3/c1-7-15-13(4)20-18(21)16(19(5,6)22)17(15)23-14-9-11(2)8-12(3)10-14/h11-12,14,22H,7-10H2,1-6H3,(H,20,21)/t11-,12+,14?. The van der Waals surface area contributed by atoms with Crippen LogP contribution < -0.4 is 10.3 Å². The topological polar surface area (TPSA) is 62.3 Å². The summed E-state index contributed by atoms with van der Waals surface area (Å²) in [5.74, 6) is 1.86. The van der Waals surface area contributed by atoms with Crippen LogP contribution in [0.4, 0.5) is 0 Å². The van der Waals surface area contributed by atoms with Gasteiger partial charge in [-0.3, -0.25) is 4.79 Å². The number of rotatable bonds is 4. The second kappa shape index (κ2) is 6.68. The highest BCUT2D eigenvalue weighted by atomic mass is 16.5. The van der Waals surface area contributed by atoms with Crippen LogP contribution in [0.3, 0.4) is 0 Å². The van der Waals surface area contributed by atoms with E-state index in [4.69, 9.17) is 4.74 Å². The molecule has 0 amide bonds. The number of aliphatic hydroxyl groups is 1. The summed E-state index contributed by atoms with van der Waals surface area (Å²) in [7, 11) is 0. The molecule has 0 aromatic carbocycles. The normalized spacial score (nSPS) is 25.4. The Labute approximate surface area is 139 Å². The lowest BCUT2D eigenvalue weighted by atomic mass is 9.81. The van der Waals surface area contributed by atoms with Crippen LogP contribution in [0.15, 0.2) is 4.79 Å². The minimum Gasteiger partial charge on any atom is -0.489 e. The molecule has 1 heterocycles. The Morgan fingerprint density at radius 3 is 2.26 bits per heavy atom. The summed E-state index contributed by atoms with van der Waals surface area (Å²) in [4.78, 5) is 15.3. The molecular formula is C19H31NO3. The molecule has 1 saturated carbocycles. The van der Waals surface area contributed by atoms with Gasteiger partial charge in [0.2, 0.25) is 0 Å². The molecule has 0 spiro atoms. The van der Waals surface area contributed by atoms with Crippen LogP contribution in [-0.2, 0) is 12.0 Å². The molecule has 0 aliphatic heterocycles. The molecule has 1 aliphatic carbocycles. The minimum absolute atomic E-state index is 0.112. The zero-order valence-electron chi connectivity index (χ0n) is 15.3. The fraction of sp³-hybridized carbons (Fsp3) is 0.737. The van der Waals surface area contributed by atoms with E-state index in [1.54, 1.807) is 13.8 Å². The minimum atomic E-state index is -1.23. The number of aromatic amines is 1. The number of ether oxygens (including phenoxy) is 1. The number of hydrogen-bond acceptors (Lipinski definition) is 3. The van der Waals surface area contributed by atoms with Crippen LogP contribution >= 0.6 is 0 Å². The second-order valence-electron chi connectivity index (χ2n) is 7.83. The third kappa shape index (κ3) is 3.97. The van der Waals surface area contributed by atoms with Crippen molar-refractivity contribution in [2.24, 2.45) is 11.8 Å². The summed E-state index contributed by atoms with van der Waals surface area (Å²) in [5, 5.41) is 10.5.